The second kappa shape index (κ2) is 8.44. The van der Waals surface area contributed by atoms with Gasteiger partial charge in [0.15, 0.2) is 0 Å². The van der Waals surface area contributed by atoms with E-state index in [1.54, 1.807) is 24.3 Å². The zero-order chi connectivity index (χ0) is 27.9. The molecule has 1 aliphatic carbocycles. The van der Waals surface area contributed by atoms with Gasteiger partial charge in [0.25, 0.3) is 0 Å². The van der Waals surface area contributed by atoms with Gasteiger partial charge >= 0.3 is 6.18 Å². The fraction of sp³-hybridized carbons (Fsp3) is 0.267. The van der Waals surface area contributed by atoms with Gasteiger partial charge in [0.05, 0.1) is 29.2 Å². The molecule has 0 bridgehead atoms. The molecule has 2 heterocycles. The van der Waals surface area contributed by atoms with E-state index >= 15 is 0 Å². The van der Waals surface area contributed by atoms with Gasteiger partial charge in [0, 0.05) is 11.1 Å². The summed E-state index contributed by atoms with van der Waals surface area (Å²) in [4.78, 5) is 56.0. The second-order valence-electron chi connectivity index (χ2n) is 10.4. The number of imide groups is 1. The number of anilines is 1. The second-order valence-corrected chi connectivity index (χ2v) is 10.4. The first-order valence-corrected chi connectivity index (χ1v) is 12.5. The van der Waals surface area contributed by atoms with Crippen LogP contribution in [0, 0.1) is 11.8 Å². The quantitative estimate of drug-likeness (QED) is 0.327. The largest absolute Gasteiger partial charge is 0.416 e. The molecule has 0 N–H and O–H groups in total. The minimum absolute atomic E-state index is 0.0785. The van der Waals surface area contributed by atoms with Gasteiger partial charge in [-0.2, -0.15) is 13.2 Å². The number of halogens is 3. The van der Waals surface area contributed by atoms with Crippen LogP contribution in [0.1, 0.15) is 63.3 Å². The molecule has 9 heteroatoms. The molecule has 2 aliphatic heterocycles. The Morgan fingerprint density at radius 1 is 0.821 bits per heavy atom. The average Bonchev–Trinajstić information content (AvgIpc) is 3.48. The van der Waals surface area contributed by atoms with Crippen LogP contribution in [-0.4, -0.2) is 29.0 Å². The van der Waals surface area contributed by atoms with Gasteiger partial charge in [-0.25, -0.2) is 4.90 Å². The minimum atomic E-state index is -4.71. The lowest BCUT2D eigenvalue weighted by molar-refractivity contribution is -0.137. The molecular weight excluding hydrogens is 511 g/mol. The number of nitrogens with zero attached hydrogens (tertiary/aromatic N) is 1. The maximum absolute atomic E-state index is 13.9. The van der Waals surface area contributed by atoms with Crippen LogP contribution >= 0.6 is 0 Å². The number of ether oxygens (including phenoxy) is 1. The van der Waals surface area contributed by atoms with Gasteiger partial charge in [-0.1, -0.05) is 68.4 Å². The Hall–Kier alpha value is -4.11. The Kier molecular flexibility index (Phi) is 5.45. The number of Topliss-reactive ketones (excluding diaryl/α,β-unsaturated/α-hetero) is 2. The first-order valence-electron chi connectivity index (χ1n) is 12.5. The molecule has 198 valence electrons. The number of fused-ring (bicyclic) bond motifs is 3. The molecule has 3 aromatic rings. The van der Waals surface area contributed by atoms with E-state index in [0.29, 0.717) is 16.5 Å². The van der Waals surface area contributed by atoms with E-state index in [9.17, 15) is 32.3 Å². The molecule has 0 saturated carbocycles. The lowest BCUT2D eigenvalue weighted by atomic mass is 9.77. The van der Waals surface area contributed by atoms with Crippen molar-refractivity contribution in [2.75, 3.05) is 4.90 Å². The maximum atomic E-state index is 13.9. The van der Waals surface area contributed by atoms with Gasteiger partial charge in [-0.3, -0.25) is 19.2 Å². The standard InChI is InChI=1S/C30H22F3NO5/c1-15(2)16-10-12-17(13-11-16)24-22-23(29(39-24)25(35)20-8-3-4-9-21(20)26(29)36)28(38)34(27(22)37)19-7-5-6-18(14-19)30(31,32)33/h3-15,22-24H,1-2H3/t22-,23-,24+/m0/s1. The lowest BCUT2D eigenvalue weighted by Gasteiger charge is -2.27. The lowest BCUT2D eigenvalue weighted by Crippen LogP contribution is -2.51. The SMILES string of the molecule is CC(C)c1ccc([C@H]2OC3(C(=O)c4ccccc4C3=O)[C@@H]3C(=O)N(c4cccc(C(F)(F)F)c4)C(=O)[C@H]23)cc1. The van der Waals surface area contributed by atoms with Gasteiger partial charge in [-0.05, 0) is 35.2 Å². The van der Waals surface area contributed by atoms with Crippen molar-refractivity contribution in [3.63, 3.8) is 0 Å². The van der Waals surface area contributed by atoms with Gasteiger partial charge in [0.1, 0.15) is 0 Å². The zero-order valence-corrected chi connectivity index (χ0v) is 20.9. The van der Waals surface area contributed by atoms with Crippen molar-refractivity contribution in [2.45, 2.75) is 37.6 Å². The smallest absolute Gasteiger partial charge is 0.349 e. The summed E-state index contributed by atoms with van der Waals surface area (Å²) in [7, 11) is 0. The number of ketones is 2. The van der Waals surface area contributed by atoms with Gasteiger partial charge in [0.2, 0.25) is 29.0 Å². The number of rotatable bonds is 3. The van der Waals surface area contributed by atoms with Crippen molar-refractivity contribution in [1.29, 1.82) is 0 Å². The number of carbonyl (C=O) groups is 4. The van der Waals surface area contributed by atoms with E-state index in [0.717, 1.165) is 17.7 Å². The Balaban J connectivity index is 1.51. The number of hydrogen-bond donors (Lipinski definition) is 0. The molecule has 2 amide bonds. The summed E-state index contributed by atoms with van der Waals surface area (Å²) < 4.78 is 46.6. The molecule has 6 rings (SSSR count). The molecule has 0 radical (unpaired) electrons. The topological polar surface area (TPSA) is 80.8 Å². The first kappa shape index (κ1) is 25.2. The molecular formula is C30H22F3NO5. The van der Waals surface area contributed by atoms with E-state index in [-0.39, 0.29) is 22.7 Å². The molecule has 39 heavy (non-hydrogen) atoms. The van der Waals surface area contributed by atoms with Crippen LogP contribution < -0.4 is 4.90 Å². The summed E-state index contributed by atoms with van der Waals surface area (Å²) in [6.07, 6.45) is -5.85. The predicted molar refractivity (Wildman–Crippen MR) is 133 cm³/mol. The third-order valence-corrected chi connectivity index (χ3v) is 7.88. The summed E-state index contributed by atoms with van der Waals surface area (Å²) in [5.41, 5.74) is -1.97. The van der Waals surface area contributed by atoms with E-state index in [1.807, 2.05) is 26.0 Å². The first-order chi connectivity index (χ1) is 18.5. The third kappa shape index (κ3) is 3.45. The Bertz CT molecular complexity index is 1520. The van der Waals surface area contributed by atoms with Crippen molar-refractivity contribution in [1.82, 2.24) is 0 Å². The van der Waals surface area contributed by atoms with Crippen molar-refractivity contribution in [3.8, 4) is 0 Å². The molecule has 1 spiro atoms. The highest BCUT2D eigenvalue weighted by molar-refractivity contribution is 6.37. The maximum Gasteiger partial charge on any atom is 0.416 e. The Morgan fingerprint density at radius 3 is 2.00 bits per heavy atom. The molecule has 6 nitrogen and oxygen atoms in total. The third-order valence-electron chi connectivity index (χ3n) is 7.88. The van der Waals surface area contributed by atoms with Crippen molar-refractivity contribution < 1.29 is 37.1 Å². The van der Waals surface area contributed by atoms with Crippen LogP contribution in [0.3, 0.4) is 0 Å². The molecule has 0 unspecified atom stereocenters. The number of benzene rings is 3. The van der Waals surface area contributed by atoms with Crippen molar-refractivity contribution >= 4 is 29.1 Å². The molecule has 3 aromatic carbocycles. The molecule has 0 aromatic heterocycles. The fourth-order valence-electron chi connectivity index (χ4n) is 5.96. The van der Waals surface area contributed by atoms with Gasteiger partial charge < -0.3 is 4.74 Å². The summed E-state index contributed by atoms with van der Waals surface area (Å²) in [5.74, 6) is -5.85. The van der Waals surface area contributed by atoms with Crippen molar-refractivity contribution in [3.05, 3.63) is 101 Å². The Labute approximate surface area is 221 Å². The van der Waals surface area contributed by atoms with Crippen LogP contribution in [0.25, 0.3) is 0 Å². The van der Waals surface area contributed by atoms with Crippen molar-refractivity contribution in [2.24, 2.45) is 11.8 Å². The van der Waals surface area contributed by atoms with Crippen LogP contribution in [0.15, 0.2) is 72.8 Å². The van der Waals surface area contributed by atoms with Crippen LogP contribution in [-0.2, 0) is 20.5 Å². The van der Waals surface area contributed by atoms with Crippen LogP contribution in [0.4, 0.5) is 18.9 Å². The minimum Gasteiger partial charge on any atom is -0.349 e. The Morgan fingerprint density at radius 2 is 1.44 bits per heavy atom. The highest BCUT2D eigenvalue weighted by Crippen LogP contribution is 2.57. The molecule has 3 atom stereocenters. The average molecular weight is 534 g/mol. The number of alkyl halides is 3. The van der Waals surface area contributed by atoms with E-state index < -0.39 is 58.7 Å². The zero-order valence-electron chi connectivity index (χ0n) is 20.9. The van der Waals surface area contributed by atoms with Crippen LogP contribution in [0.5, 0.6) is 0 Å². The number of amides is 2. The normalized spacial score (nSPS) is 23.7. The monoisotopic (exact) mass is 533 g/mol. The van der Waals surface area contributed by atoms with E-state index in [1.165, 1.54) is 18.2 Å². The molecule has 2 saturated heterocycles. The van der Waals surface area contributed by atoms with E-state index in [2.05, 4.69) is 0 Å². The summed E-state index contributed by atoms with van der Waals surface area (Å²) in [6.45, 7) is 4.01. The summed E-state index contributed by atoms with van der Waals surface area (Å²) in [6, 6.07) is 17.0. The number of carbonyl (C=O) groups excluding carboxylic acids is 4. The highest BCUT2D eigenvalue weighted by Gasteiger charge is 2.74. The molecule has 2 fully saturated rings. The summed E-state index contributed by atoms with van der Waals surface area (Å²) >= 11 is 0. The fourth-order valence-corrected chi connectivity index (χ4v) is 5.96. The van der Waals surface area contributed by atoms with E-state index in [4.69, 9.17) is 4.74 Å². The van der Waals surface area contributed by atoms with Gasteiger partial charge in [-0.15, -0.1) is 0 Å². The highest BCUT2D eigenvalue weighted by atomic mass is 19.4. The van der Waals surface area contributed by atoms with Crippen LogP contribution in [0.2, 0.25) is 0 Å². The number of hydrogen-bond acceptors (Lipinski definition) is 5. The molecule has 3 aliphatic rings. The predicted octanol–water partition coefficient (Wildman–Crippen LogP) is 5.52. The summed E-state index contributed by atoms with van der Waals surface area (Å²) in [5, 5.41) is 0.